The van der Waals surface area contributed by atoms with Gasteiger partial charge in [-0.3, -0.25) is 14.5 Å². The Labute approximate surface area is 167 Å². The standard InChI is InChI=1S/C22H32N2O4/c1-4-22(21(26)28-5-2)14-17-8-11-19(22)24(17)15-20(25)23-13-12-16-6-9-18(27-3)10-7-16/h6-7,9-10,17,19H,4-5,8,11-15H2,1-3H3,(H,23,25)/t17-,19+,22+/m1/s1. The molecule has 28 heavy (non-hydrogen) atoms. The van der Waals surface area contributed by atoms with Gasteiger partial charge in [-0.15, -0.1) is 0 Å². The maximum Gasteiger partial charge on any atom is 0.313 e. The average Bonchev–Trinajstić information content (AvgIpc) is 3.23. The van der Waals surface area contributed by atoms with Crippen molar-refractivity contribution in [1.82, 2.24) is 10.2 Å². The highest BCUT2D eigenvalue weighted by Gasteiger charge is 2.59. The number of hydrogen-bond donors (Lipinski definition) is 1. The average molecular weight is 389 g/mol. The number of carbonyl (C=O) groups is 2. The van der Waals surface area contributed by atoms with Gasteiger partial charge in [0, 0.05) is 18.6 Å². The van der Waals surface area contributed by atoms with Crippen molar-refractivity contribution >= 4 is 11.9 Å². The highest BCUT2D eigenvalue weighted by atomic mass is 16.5. The first-order valence-electron chi connectivity index (χ1n) is 10.4. The van der Waals surface area contributed by atoms with E-state index < -0.39 is 5.41 Å². The summed E-state index contributed by atoms with van der Waals surface area (Å²) in [6, 6.07) is 8.31. The number of methoxy groups -OCH3 is 1. The van der Waals surface area contributed by atoms with Crippen LogP contribution in [0.5, 0.6) is 5.75 Å². The zero-order valence-electron chi connectivity index (χ0n) is 17.2. The molecular formula is C22H32N2O4. The molecule has 0 spiro atoms. The second-order valence-electron chi connectivity index (χ2n) is 7.80. The molecular weight excluding hydrogens is 356 g/mol. The summed E-state index contributed by atoms with van der Waals surface area (Å²) in [5.41, 5.74) is 0.720. The second kappa shape index (κ2) is 8.95. The summed E-state index contributed by atoms with van der Waals surface area (Å²) in [7, 11) is 1.65. The lowest BCUT2D eigenvalue weighted by Crippen LogP contribution is -2.46. The summed E-state index contributed by atoms with van der Waals surface area (Å²) in [5, 5.41) is 3.03. The Kier molecular flexibility index (Phi) is 6.60. The molecule has 0 unspecified atom stereocenters. The second-order valence-corrected chi connectivity index (χ2v) is 7.80. The van der Waals surface area contributed by atoms with Crippen LogP contribution < -0.4 is 10.1 Å². The molecule has 2 bridgehead atoms. The Balaban J connectivity index is 1.52. The van der Waals surface area contributed by atoms with Crippen LogP contribution in [-0.4, -0.2) is 55.7 Å². The van der Waals surface area contributed by atoms with E-state index in [4.69, 9.17) is 9.47 Å². The minimum absolute atomic E-state index is 0.0289. The lowest BCUT2D eigenvalue weighted by Gasteiger charge is -2.34. The number of fused-ring (bicyclic) bond motifs is 2. The predicted molar refractivity (Wildman–Crippen MR) is 107 cm³/mol. The third-order valence-electron chi connectivity index (χ3n) is 6.41. The van der Waals surface area contributed by atoms with Gasteiger partial charge in [0.2, 0.25) is 5.91 Å². The quantitative estimate of drug-likeness (QED) is 0.659. The van der Waals surface area contributed by atoms with Crippen LogP contribution in [0.4, 0.5) is 0 Å². The van der Waals surface area contributed by atoms with Gasteiger partial charge >= 0.3 is 5.97 Å². The zero-order valence-corrected chi connectivity index (χ0v) is 17.2. The molecule has 0 saturated carbocycles. The lowest BCUT2D eigenvalue weighted by atomic mass is 9.72. The largest absolute Gasteiger partial charge is 0.497 e. The zero-order chi connectivity index (χ0) is 20.1. The van der Waals surface area contributed by atoms with Gasteiger partial charge < -0.3 is 14.8 Å². The number of esters is 1. The minimum atomic E-state index is -0.442. The predicted octanol–water partition coefficient (Wildman–Crippen LogP) is 2.55. The molecule has 0 aliphatic carbocycles. The third kappa shape index (κ3) is 4.02. The van der Waals surface area contributed by atoms with Crippen LogP contribution in [0.2, 0.25) is 0 Å². The highest BCUT2D eigenvalue weighted by molar-refractivity contribution is 5.81. The van der Waals surface area contributed by atoms with Crippen molar-refractivity contribution in [3.05, 3.63) is 29.8 Å². The van der Waals surface area contributed by atoms with Crippen molar-refractivity contribution in [1.29, 1.82) is 0 Å². The molecule has 1 aromatic rings. The number of ether oxygens (including phenoxy) is 2. The summed E-state index contributed by atoms with van der Waals surface area (Å²) < 4.78 is 10.5. The first-order chi connectivity index (χ1) is 13.5. The summed E-state index contributed by atoms with van der Waals surface area (Å²) in [6.07, 6.45) is 4.39. The fraction of sp³-hybridized carbons (Fsp3) is 0.636. The van der Waals surface area contributed by atoms with Crippen LogP contribution in [0, 0.1) is 5.41 Å². The normalized spacial score (nSPS) is 26.2. The van der Waals surface area contributed by atoms with Gasteiger partial charge in [-0.05, 0) is 56.7 Å². The Bertz CT molecular complexity index is 690. The topological polar surface area (TPSA) is 67.9 Å². The maximum absolute atomic E-state index is 12.6. The van der Waals surface area contributed by atoms with Crippen LogP contribution in [0.15, 0.2) is 24.3 Å². The van der Waals surface area contributed by atoms with E-state index in [9.17, 15) is 9.59 Å². The van der Waals surface area contributed by atoms with Crippen molar-refractivity contribution in [2.75, 3.05) is 26.8 Å². The first-order valence-corrected chi connectivity index (χ1v) is 10.4. The van der Waals surface area contributed by atoms with Crippen LogP contribution in [-0.2, 0) is 20.7 Å². The van der Waals surface area contributed by atoms with Crippen molar-refractivity contribution in [2.24, 2.45) is 5.41 Å². The van der Waals surface area contributed by atoms with Crippen LogP contribution >= 0.6 is 0 Å². The molecule has 6 nitrogen and oxygen atoms in total. The summed E-state index contributed by atoms with van der Waals surface area (Å²) in [6.45, 7) is 5.28. The monoisotopic (exact) mass is 388 g/mol. The van der Waals surface area contributed by atoms with Crippen molar-refractivity contribution < 1.29 is 19.1 Å². The van der Waals surface area contributed by atoms with Crippen LogP contribution in [0.1, 0.15) is 45.1 Å². The lowest BCUT2D eigenvalue weighted by molar-refractivity contribution is -0.158. The van der Waals surface area contributed by atoms with E-state index in [1.165, 1.54) is 0 Å². The van der Waals surface area contributed by atoms with Gasteiger partial charge in [0.15, 0.2) is 0 Å². The summed E-state index contributed by atoms with van der Waals surface area (Å²) in [5.74, 6) is 0.772. The number of rotatable bonds is 9. The Morgan fingerprint density at radius 3 is 2.61 bits per heavy atom. The molecule has 3 rings (SSSR count). The van der Waals surface area contributed by atoms with E-state index in [0.717, 1.165) is 43.4 Å². The van der Waals surface area contributed by atoms with Crippen LogP contribution in [0.3, 0.4) is 0 Å². The summed E-state index contributed by atoms with van der Waals surface area (Å²) in [4.78, 5) is 27.4. The first kappa shape index (κ1) is 20.6. The molecule has 6 heteroatoms. The number of nitrogens with one attached hydrogen (secondary N) is 1. The van der Waals surface area contributed by atoms with E-state index in [-0.39, 0.29) is 17.9 Å². The fourth-order valence-electron chi connectivity index (χ4n) is 4.92. The van der Waals surface area contributed by atoms with Gasteiger partial charge in [0.1, 0.15) is 5.75 Å². The van der Waals surface area contributed by atoms with Gasteiger partial charge in [-0.1, -0.05) is 19.1 Å². The van der Waals surface area contributed by atoms with Gasteiger partial charge in [0.05, 0.1) is 25.7 Å². The van der Waals surface area contributed by atoms with Gasteiger partial charge in [0.25, 0.3) is 0 Å². The number of carbonyl (C=O) groups excluding carboxylic acids is 2. The molecule has 1 aromatic carbocycles. The number of hydrogen-bond acceptors (Lipinski definition) is 5. The molecule has 1 N–H and O–H groups in total. The number of amides is 1. The summed E-state index contributed by atoms with van der Waals surface area (Å²) >= 11 is 0. The van der Waals surface area contributed by atoms with E-state index in [1.54, 1.807) is 7.11 Å². The molecule has 0 radical (unpaired) electrons. The van der Waals surface area contributed by atoms with E-state index in [0.29, 0.717) is 25.7 Å². The Morgan fingerprint density at radius 2 is 1.96 bits per heavy atom. The number of benzene rings is 1. The SMILES string of the molecule is CCOC(=O)[C@@]1(CC)C[C@H]2CC[C@@H]1N2CC(=O)NCCc1ccc(OC)cc1. The molecule has 0 aromatic heterocycles. The fourth-order valence-corrected chi connectivity index (χ4v) is 4.92. The van der Waals surface area contributed by atoms with E-state index in [2.05, 4.69) is 17.1 Å². The Morgan fingerprint density at radius 1 is 1.21 bits per heavy atom. The highest BCUT2D eigenvalue weighted by Crippen LogP contribution is 2.52. The van der Waals surface area contributed by atoms with Crippen molar-refractivity contribution in [3.63, 3.8) is 0 Å². The van der Waals surface area contributed by atoms with Crippen molar-refractivity contribution in [2.45, 2.75) is 58.0 Å². The van der Waals surface area contributed by atoms with Gasteiger partial charge in [-0.25, -0.2) is 0 Å². The maximum atomic E-state index is 12.6. The molecule has 2 aliphatic rings. The van der Waals surface area contributed by atoms with Crippen molar-refractivity contribution in [3.8, 4) is 5.75 Å². The molecule has 2 aliphatic heterocycles. The number of nitrogens with zero attached hydrogens (tertiary/aromatic N) is 1. The Hall–Kier alpha value is -2.08. The molecule has 3 atom stereocenters. The molecule has 2 fully saturated rings. The van der Waals surface area contributed by atoms with Crippen LogP contribution in [0.25, 0.3) is 0 Å². The third-order valence-corrected chi connectivity index (χ3v) is 6.41. The molecule has 2 saturated heterocycles. The smallest absolute Gasteiger partial charge is 0.313 e. The van der Waals surface area contributed by atoms with E-state index in [1.807, 2.05) is 31.2 Å². The molecule has 1 amide bonds. The minimum Gasteiger partial charge on any atom is -0.497 e. The van der Waals surface area contributed by atoms with E-state index >= 15 is 0 Å². The van der Waals surface area contributed by atoms with Gasteiger partial charge in [-0.2, -0.15) is 0 Å². The molecule has 154 valence electrons. The molecule has 2 heterocycles.